The van der Waals surface area contributed by atoms with Gasteiger partial charge in [0.15, 0.2) is 0 Å². The number of nitrogens with zero attached hydrogens (tertiary/aromatic N) is 1. The zero-order valence-corrected chi connectivity index (χ0v) is 14.0. The minimum absolute atomic E-state index is 0.0850. The molecule has 0 unspecified atom stereocenters. The average Bonchev–Trinajstić information content (AvgIpc) is 2.37. The molecule has 2 amide bonds. The Morgan fingerprint density at radius 1 is 1.14 bits per heavy atom. The molecule has 0 bridgehead atoms. The smallest absolute Gasteiger partial charge is 0.234 e. The molecule has 0 aliphatic heterocycles. The Hall–Kier alpha value is -1.88. The summed E-state index contributed by atoms with van der Waals surface area (Å²) < 4.78 is 0. The van der Waals surface area contributed by atoms with E-state index in [1.807, 2.05) is 0 Å². The molecule has 0 radical (unpaired) electrons. The van der Waals surface area contributed by atoms with Gasteiger partial charge in [-0.3, -0.25) is 14.5 Å². The highest BCUT2D eigenvalue weighted by atomic mass is 16.2. The normalized spacial score (nSPS) is 11.5. The van der Waals surface area contributed by atoms with Crippen LogP contribution in [0, 0.1) is 0 Å². The molecule has 0 heterocycles. The van der Waals surface area contributed by atoms with Crippen LogP contribution < -0.4 is 11.1 Å². The van der Waals surface area contributed by atoms with Gasteiger partial charge in [-0.05, 0) is 30.0 Å². The minimum atomic E-state index is -0.436. The Morgan fingerprint density at radius 2 is 1.73 bits per heavy atom. The van der Waals surface area contributed by atoms with Gasteiger partial charge in [0.25, 0.3) is 0 Å². The van der Waals surface area contributed by atoms with E-state index in [1.165, 1.54) is 11.1 Å². The quantitative estimate of drug-likeness (QED) is 0.791. The summed E-state index contributed by atoms with van der Waals surface area (Å²) in [5.74, 6) is -0.538. The van der Waals surface area contributed by atoms with Gasteiger partial charge in [0.1, 0.15) is 0 Å². The van der Waals surface area contributed by atoms with Crippen LogP contribution in [0.15, 0.2) is 24.3 Å². The van der Waals surface area contributed by atoms with Crippen LogP contribution in [0.5, 0.6) is 0 Å². The summed E-state index contributed by atoms with van der Waals surface area (Å²) in [6.07, 6.45) is 0.787. The van der Waals surface area contributed by atoms with E-state index in [-0.39, 0.29) is 24.4 Å². The second-order valence-corrected chi connectivity index (χ2v) is 6.69. The minimum Gasteiger partial charge on any atom is -0.369 e. The van der Waals surface area contributed by atoms with Crippen molar-refractivity contribution in [2.75, 3.05) is 26.7 Å². The van der Waals surface area contributed by atoms with Gasteiger partial charge in [0.2, 0.25) is 11.8 Å². The number of carbonyl (C=O) groups excluding carboxylic acids is 2. The molecule has 5 heteroatoms. The maximum atomic E-state index is 11.7. The zero-order valence-electron chi connectivity index (χ0n) is 14.0. The first kappa shape index (κ1) is 18.2. The Bertz CT molecular complexity index is 504. The molecule has 1 aromatic carbocycles. The fourth-order valence-electron chi connectivity index (χ4n) is 2.14. The van der Waals surface area contributed by atoms with E-state index in [9.17, 15) is 9.59 Å². The molecule has 122 valence electrons. The summed E-state index contributed by atoms with van der Waals surface area (Å²) in [6.45, 7) is 7.39. The SMILES string of the molecule is CN(CC(N)=O)CC(=O)NCCc1ccc(C(C)(C)C)cc1. The highest BCUT2D eigenvalue weighted by molar-refractivity contribution is 5.80. The fourth-order valence-corrected chi connectivity index (χ4v) is 2.14. The molecule has 0 aromatic heterocycles. The van der Waals surface area contributed by atoms with Crippen LogP contribution in [0.3, 0.4) is 0 Å². The summed E-state index contributed by atoms with van der Waals surface area (Å²) in [5, 5.41) is 2.85. The predicted molar refractivity (Wildman–Crippen MR) is 88.5 cm³/mol. The highest BCUT2D eigenvalue weighted by Crippen LogP contribution is 2.22. The van der Waals surface area contributed by atoms with E-state index >= 15 is 0 Å². The number of rotatable bonds is 7. The molecular formula is C17H27N3O2. The molecule has 0 aliphatic carbocycles. The molecule has 1 rings (SSSR count). The summed E-state index contributed by atoms with van der Waals surface area (Å²) in [6, 6.07) is 8.48. The molecule has 0 fully saturated rings. The van der Waals surface area contributed by atoms with Crippen LogP contribution in [-0.4, -0.2) is 43.4 Å². The number of primary amides is 1. The molecule has 22 heavy (non-hydrogen) atoms. The Labute approximate surface area is 132 Å². The van der Waals surface area contributed by atoms with Gasteiger partial charge in [-0.2, -0.15) is 0 Å². The lowest BCUT2D eigenvalue weighted by molar-refractivity contribution is -0.123. The van der Waals surface area contributed by atoms with Crippen molar-refractivity contribution in [1.29, 1.82) is 0 Å². The monoisotopic (exact) mass is 305 g/mol. The van der Waals surface area contributed by atoms with Crippen molar-refractivity contribution in [1.82, 2.24) is 10.2 Å². The van der Waals surface area contributed by atoms with Crippen LogP contribution in [0.25, 0.3) is 0 Å². The first-order valence-electron chi connectivity index (χ1n) is 7.51. The van der Waals surface area contributed by atoms with Crippen molar-refractivity contribution in [3.05, 3.63) is 35.4 Å². The lowest BCUT2D eigenvalue weighted by atomic mass is 9.86. The lowest BCUT2D eigenvalue weighted by Crippen LogP contribution is -2.39. The van der Waals surface area contributed by atoms with Gasteiger partial charge in [0, 0.05) is 6.54 Å². The van der Waals surface area contributed by atoms with Crippen LogP contribution >= 0.6 is 0 Å². The molecule has 0 saturated carbocycles. The maximum absolute atomic E-state index is 11.7. The van der Waals surface area contributed by atoms with E-state index in [2.05, 4.69) is 50.4 Å². The summed E-state index contributed by atoms with van der Waals surface area (Å²) >= 11 is 0. The topological polar surface area (TPSA) is 75.4 Å². The van der Waals surface area contributed by atoms with Gasteiger partial charge in [0.05, 0.1) is 13.1 Å². The maximum Gasteiger partial charge on any atom is 0.234 e. The third-order valence-electron chi connectivity index (χ3n) is 3.40. The second-order valence-electron chi connectivity index (χ2n) is 6.69. The third-order valence-corrected chi connectivity index (χ3v) is 3.40. The van der Waals surface area contributed by atoms with Gasteiger partial charge in [-0.1, -0.05) is 45.0 Å². The van der Waals surface area contributed by atoms with E-state index in [1.54, 1.807) is 11.9 Å². The van der Waals surface area contributed by atoms with Crippen LogP contribution in [0.2, 0.25) is 0 Å². The van der Waals surface area contributed by atoms with Crippen molar-refractivity contribution in [3.8, 4) is 0 Å². The summed E-state index contributed by atoms with van der Waals surface area (Å²) in [4.78, 5) is 24.0. The molecule has 0 saturated heterocycles. The number of likely N-dealkylation sites (N-methyl/N-ethyl adjacent to an activating group) is 1. The standard InChI is InChI=1S/C17H27N3O2/c1-17(2,3)14-7-5-13(6-8-14)9-10-19-16(22)12-20(4)11-15(18)21/h5-8H,9-12H2,1-4H3,(H2,18,21)(H,19,22). The average molecular weight is 305 g/mol. The largest absolute Gasteiger partial charge is 0.369 e. The van der Waals surface area contributed by atoms with Crippen molar-refractivity contribution in [2.45, 2.75) is 32.6 Å². The first-order valence-corrected chi connectivity index (χ1v) is 7.51. The van der Waals surface area contributed by atoms with E-state index in [4.69, 9.17) is 5.73 Å². The number of benzene rings is 1. The highest BCUT2D eigenvalue weighted by Gasteiger charge is 2.13. The van der Waals surface area contributed by atoms with Crippen LogP contribution in [-0.2, 0) is 21.4 Å². The van der Waals surface area contributed by atoms with E-state index in [0.717, 1.165) is 6.42 Å². The zero-order chi connectivity index (χ0) is 16.8. The van der Waals surface area contributed by atoms with Crippen LogP contribution in [0.1, 0.15) is 31.9 Å². The molecule has 3 N–H and O–H groups in total. The van der Waals surface area contributed by atoms with Crippen molar-refractivity contribution in [2.24, 2.45) is 5.73 Å². The van der Waals surface area contributed by atoms with Crippen molar-refractivity contribution >= 4 is 11.8 Å². The Morgan fingerprint density at radius 3 is 2.23 bits per heavy atom. The van der Waals surface area contributed by atoms with Crippen molar-refractivity contribution < 1.29 is 9.59 Å². The van der Waals surface area contributed by atoms with Gasteiger partial charge >= 0.3 is 0 Å². The predicted octanol–water partition coefficient (Wildman–Crippen LogP) is 1.06. The van der Waals surface area contributed by atoms with Crippen molar-refractivity contribution in [3.63, 3.8) is 0 Å². The van der Waals surface area contributed by atoms with Gasteiger partial charge in [-0.15, -0.1) is 0 Å². The molecule has 0 spiro atoms. The number of hydrogen-bond acceptors (Lipinski definition) is 3. The van der Waals surface area contributed by atoms with E-state index in [0.29, 0.717) is 6.54 Å². The Balaban J connectivity index is 2.35. The molecule has 0 atom stereocenters. The summed E-state index contributed by atoms with van der Waals surface area (Å²) in [7, 11) is 1.69. The van der Waals surface area contributed by atoms with Crippen LogP contribution in [0.4, 0.5) is 0 Å². The number of hydrogen-bond donors (Lipinski definition) is 2. The number of amides is 2. The van der Waals surface area contributed by atoms with E-state index < -0.39 is 5.91 Å². The number of carbonyl (C=O) groups is 2. The second kappa shape index (κ2) is 7.94. The molecule has 5 nitrogen and oxygen atoms in total. The van der Waals surface area contributed by atoms with Gasteiger partial charge < -0.3 is 11.1 Å². The third kappa shape index (κ3) is 6.72. The molecule has 1 aromatic rings. The first-order chi connectivity index (χ1) is 10.2. The fraction of sp³-hybridized carbons (Fsp3) is 0.529. The van der Waals surface area contributed by atoms with Gasteiger partial charge in [-0.25, -0.2) is 0 Å². The Kier molecular flexibility index (Phi) is 6.56. The molecular weight excluding hydrogens is 278 g/mol. The molecule has 0 aliphatic rings. The number of nitrogens with two attached hydrogens (primary N) is 1. The lowest BCUT2D eigenvalue weighted by Gasteiger charge is -2.19. The summed E-state index contributed by atoms with van der Waals surface area (Å²) in [5.41, 5.74) is 7.72. The number of nitrogens with one attached hydrogen (secondary N) is 1.